The second-order valence-electron chi connectivity index (χ2n) is 5.41. The Labute approximate surface area is 141 Å². The van der Waals surface area contributed by atoms with Crippen molar-refractivity contribution < 1.29 is 17.9 Å². The summed E-state index contributed by atoms with van der Waals surface area (Å²) in [4.78, 5) is 11.7. The van der Waals surface area contributed by atoms with E-state index in [1.54, 1.807) is 42.5 Å². The molecule has 2 aromatic carbocycles. The predicted molar refractivity (Wildman–Crippen MR) is 93.7 cm³/mol. The highest BCUT2D eigenvalue weighted by atomic mass is 32.2. The van der Waals surface area contributed by atoms with Gasteiger partial charge in [-0.05, 0) is 55.3 Å². The first kappa shape index (κ1) is 18.0. The summed E-state index contributed by atoms with van der Waals surface area (Å²) in [5.41, 5.74) is 2.77. The molecule has 0 saturated heterocycles. The van der Waals surface area contributed by atoms with Crippen LogP contribution in [0.4, 0.5) is 11.4 Å². The zero-order chi connectivity index (χ0) is 17.7. The number of benzene rings is 2. The topological polar surface area (TPSA) is 84.5 Å². The van der Waals surface area contributed by atoms with Gasteiger partial charge in [-0.15, -0.1) is 0 Å². The van der Waals surface area contributed by atoms with Crippen molar-refractivity contribution in [3.05, 3.63) is 53.6 Å². The van der Waals surface area contributed by atoms with Crippen LogP contribution in [0.15, 0.2) is 47.4 Å². The molecule has 24 heavy (non-hydrogen) atoms. The third-order valence-electron chi connectivity index (χ3n) is 3.46. The number of carbonyl (C=O) groups is 1. The van der Waals surface area contributed by atoms with E-state index in [1.165, 1.54) is 7.11 Å². The Hall–Kier alpha value is -2.38. The molecular formula is C17H20N2O4S. The van der Waals surface area contributed by atoms with Crippen LogP contribution in [0.1, 0.15) is 11.1 Å². The number of amides is 1. The maximum atomic E-state index is 12.5. The molecule has 0 saturated carbocycles. The molecule has 0 aliphatic rings. The molecule has 0 aromatic heterocycles. The van der Waals surface area contributed by atoms with E-state index < -0.39 is 10.0 Å². The fourth-order valence-corrected chi connectivity index (χ4v) is 3.22. The lowest BCUT2D eigenvalue weighted by molar-refractivity contribution is -0.119. The Balaban J connectivity index is 2.20. The van der Waals surface area contributed by atoms with Gasteiger partial charge in [-0.3, -0.25) is 9.52 Å². The van der Waals surface area contributed by atoms with Gasteiger partial charge in [0.05, 0.1) is 10.6 Å². The minimum absolute atomic E-state index is 0.0708. The van der Waals surface area contributed by atoms with Gasteiger partial charge in [0.1, 0.15) is 6.61 Å². The number of rotatable bonds is 6. The summed E-state index contributed by atoms with van der Waals surface area (Å²) in [5.74, 6) is -0.313. The Morgan fingerprint density at radius 2 is 1.75 bits per heavy atom. The molecule has 2 rings (SSSR count). The molecule has 0 fully saturated rings. The van der Waals surface area contributed by atoms with Gasteiger partial charge in [-0.25, -0.2) is 8.42 Å². The Bertz CT molecular complexity index is 847. The van der Waals surface area contributed by atoms with Crippen molar-refractivity contribution in [3.63, 3.8) is 0 Å². The summed E-state index contributed by atoms with van der Waals surface area (Å²) in [7, 11) is -2.27. The molecule has 0 bridgehead atoms. The Morgan fingerprint density at radius 3 is 2.42 bits per heavy atom. The first-order chi connectivity index (χ1) is 11.3. The molecule has 0 atom stereocenters. The quantitative estimate of drug-likeness (QED) is 0.840. The van der Waals surface area contributed by atoms with Crippen LogP contribution in [-0.2, 0) is 19.6 Å². The molecule has 0 radical (unpaired) electrons. The lowest BCUT2D eigenvalue weighted by Crippen LogP contribution is -2.17. The van der Waals surface area contributed by atoms with Crippen molar-refractivity contribution in [1.29, 1.82) is 0 Å². The van der Waals surface area contributed by atoms with E-state index in [4.69, 9.17) is 4.74 Å². The van der Waals surface area contributed by atoms with Crippen molar-refractivity contribution in [2.45, 2.75) is 18.7 Å². The second-order valence-corrected chi connectivity index (χ2v) is 7.10. The normalized spacial score (nSPS) is 11.1. The number of sulfonamides is 1. The number of methoxy groups -OCH3 is 1. The standard InChI is InChI=1S/C17H20N2O4S/c1-12-7-8-16(9-13(12)2)24(21,22)19-15-6-4-5-14(10-15)18-17(20)11-23-3/h4-10,19H,11H2,1-3H3,(H,18,20). The predicted octanol–water partition coefficient (Wildman–Crippen LogP) is 2.69. The van der Waals surface area contributed by atoms with Crippen LogP contribution in [0.3, 0.4) is 0 Å². The zero-order valence-electron chi connectivity index (χ0n) is 13.8. The van der Waals surface area contributed by atoms with Crippen LogP contribution in [0.5, 0.6) is 0 Å². The molecule has 0 aliphatic carbocycles. The van der Waals surface area contributed by atoms with E-state index in [9.17, 15) is 13.2 Å². The average molecular weight is 348 g/mol. The highest BCUT2D eigenvalue weighted by molar-refractivity contribution is 7.92. The smallest absolute Gasteiger partial charge is 0.261 e. The van der Waals surface area contributed by atoms with Crippen LogP contribution < -0.4 is 10.0 Å². The second kappa shape index (κ2) is 7.46. The summed E-state index contributed by atoms with van der Waals surface area (Å²) in [6.45, 7) is 3.71. The minimum atomic E-state index is -3.70. The fraction of sp³-hybridized carbons (Fsp3) is 0.235. The van der Waals surface area contributed by atoms with Gasteiger partial charge in [0.2, 0.25) is 5.91 Å². The zero-order valence-corrected chi connectivity index (χ0v) is 14.6. The van der Waals surface area contributed by atoms with Crippen LogP contribution in [-0.4, -0.2) is 28.0 Å². The van der Waals surface area contributed by atoms with Gasteiger partial charge < -0.3 is 10.1 Å². The fourth-order valence-electron chi connectivity index (χ4n) is 2.08. The molecule has 2 aromatic rings. The molecule has 6 nitrogen and oxygen atoms in total. The molecule has 128 valence electrons. The van der Waals surface area contributed by atoms with E-state index in [-0.39, 0.29) is 17.4 Å². The monoisotopic (exact) mass is 348 g/mol. The van der Waals surface area contributed by atoms with Gasteiger partial charge in [-0.1, -0.05) is 12.1 Å². The van der Waals surface area contributed by atoms with Crippen LogP contribution in [0.25, 0.3) is 0 Å². The summed E-state index contributed by atoms with van der Waals surface area (Å²) >= 11 is 0. The largest absolute Gasteiger partial charge is 0.375 e. The number of anilines is 2. The number of hydrogen-bond donors (Lipinski definition) is 2. The van der Waals surface area contributed by atoms with Gasteiger partial charge in [0.15, 0.2) is 0 Å². The van der Waals surface area contributed by atoms with Gasteiger partial charge in [0.25, 0.3) is 10.0 Å². The van der Waals surface area contributed by atoms with E-state index in [2.05, 4.69) is 10.0 Å². The maximum absolute atomic E-state index is 12.5. The van der Waals surface area contributed by atoms with E-state index in [0.717, 1.165) is 11.1 Å². The summed E-state index contributed by atoms with van der Waals surface area (Å²) in [6.07, 6.45) is 0. The van der Waals surface area contributed by atoms with Crippen LogP contribution >= 0.6 is 0 Å². The number of carbonyl (C=O) groups excluding carboxylic acids is 1. The number of ether oxygens (including phenoxy) is 1. The third kappa shape index (κ3) is 4.56. The Morgan fingerprint density at radius 1 is 1.04 bits per heavy atom. The van der Waals surface area contributed by atoms with E-state index in [1.807, 2.05) is 13.8 Å². The molecule has 7 heteroatoms. The van der Waals surface area contributed by atoms with Gasteiger partial charge in [-0.2, -0.15) is 0 Å². The summed E-state index contributed by atoms with van der Waals surface area (Å²) in [6, 6.07) is 11.4. The number of nitrogens with one attached hydrogen (secondary N) is 2. The number of hydrogen-bond acceptors (Lipinski definition) is 4. The van der Waals surface area contributed by atoms with Crippen molar-refractivity contribution in [1.82, 2.24) is 0 Å². The first-order valence-corrected chi connectivity index (χ1v) is 8.79. The first-order valence-electron chi connectivity index (χ1n) is 7.31. The number of aryl methyl sites for hydroxylation is 2. The molecular weight excluding hydrogens is 328 g/mol. The Kier molecular flexibility index (Phi) is 5.58. The highest BCUT2D eigenvalue weighted by Gasteiger charge is 2.15. The third-order valence-corrected chi connectivity index (χ3v) is 4.84. The van der Waals surface area contributed by atoms with Gasteiger partial charge >= 0.3 is 0 Å². The van der Waals surface area contributed by atoms with E-state index >= 15 is 0 Å². The molecule has 0 aliphatic heterocycles. The van der Waals surface area contributed by atoms with Gasteiger partial charge in [0, 0.05) is 12.8 Å². The maximum Gasteiger partial charge on any atom is 0.261 e. The molecule has 1 amide bonds. The van der Waals surface area contributed by atoms with Crippen molar-refractivity contribution in [3.8, 4) is 0 Å². The van der Waals surface area contributed by atoms with Crippen molar-refractivity contribution in [2.24, 2.45) is 0 Å². The molecule has 0 spiro atoms. The van der Waals surface area contributed by atoms with Crippen LogP contribution in [0, 0.1) is 13.8 Å². The molecule has 2 N–H and O–H groups in total. The van der Waals surface area contributed by atoms with E-state index in [0.29, 0.717) is 11.4 Å². The average Bonchev–Trinajstić information content (AvgIpc) is 2.50. The van der Waals surface area contributed by atoms with Crippen LogP contribution in [0.2, 0.25) is 0 Å². The summed E-state index contributed by atoms with van der Waals surface area (Å²) in [5, 5.41) is 2.63. The van der Waals surface area contributed by atoms with Crippen molar-refractivity contribution >= 4 is 27.3 Å². The molecule has 0 heterocycles. The lowest BCUT2D eigenvalue weighted by atomic mass is 10.1. The molecule has 0 unspecified atom stereocenters. The SMILES string of the molecule is COCC(=O)Nc1cccc(NS(=O)(=O)c2ccc(C)c(C)c2)c1. The van der Waals surface area contributed by atoms with Crippen molar-refractivity contribution in [2.75, 3.05) is 23.8 Å². The highest BCUT2D eigenvalue weighted by Crippen LogP contribution is 2.21. The lowest BCUT2D eigenvalue weighted by Gasteiger charge is -2.11. The minimum Gasteiger partial charge on any atom is -0.375 e. The summed E-state index contributed by atoms with van der Waals surface area (Å²) < 4.78 is 32.2.